The maximum atomic E-state index is 12.4. The molecule has 122 valence electrons. The average Bonchev–Trinajstić information content (AvgIpc) is 3.23. The number of amides is 1. The van der Waals surface area contributed by atoms with Crippen LogP contribution >= 0.6 is 11.6 Å². The molecule has 4 rings (SSSR count). The molecule has 1 aliphatic carbocycles. The van der Waals surface area contributed by atoms with Crippen molar-refractivity contribution in [2.75, 3.05) is 0 Å². The number of benzene rings is 1. The van der Waals surface area contributed by atoms with Crippen molar-refractivity contribution >= 4 is 23.2 Å². The first-order valence-corrected chi connectivity index (χ1v) is 8.50. The average molecular weight is 341 g/mol. The number of nitrogens with zero attached hydrogens (tertiary/aromatic N) is 3. The number of fused-ring (bicyclic) bond motifs is 1. The van der Waals surface area contributed by atoms with E-state index in [0.717, 1.165) is 18.4 Å². The van der Waals surface area contributed by atoms with Crippen molar-refractivity contribution in [3.63, 3.8) is 0 Å². The highest BCUT2D eigenvalue weighted by atomic mass is 35.5. The van der Waals surface area contributed by atoms with Crippen molar-refractivity contribution in [1.82, 2.24) is 19.9 Å². The molecular formula is C18H17ClN4O. The van der Waals surface area contributed by atoms with Gasteiger partial charge in [-0.3, -0.25) is 9.20 Å². The summed E-state index contributed by atoms with van der Waals surface area (Å²) in [6.45, 7) is 0. The van der Waals surface area contributed by atoms with Gasteiger partial charge in [0, 0.05) is 28.4 Å². The summed E-state index contributed by atoms with van der Waals surface area (Å²) in [6, 6.07) is 11.3. The summed E-state index contributed by atoms with van der Waals surface area (Å²) in [5, 5.41) is 12.2. The second kappa shape index (κ2) is 6.24. The van der Waals surface area contributed by atoms with E-state index in [1.54, 1.807) is 12.1 Å². The Labute approximate surface area is 144 Å². The first-order valence-electron chi connectivity index (χ1n) is 8.12. The smallest absolute Gasteiger partial charge is 0.251 e. The van der Waals surface area contributed by atoms with E-state index in [1.807, 2.05) is 34.9 Å². The molecule has 0 aliphatic heterocycles. The van der Waals surface area contributed by atoms with Crippen molar-refractivity contribution in [2.24, 2.45) is 0 Å². The first-order chi connectivity index (χ1) is 11.7. The summed E-state index contributed by atoms with van der Waals surface area (Å²) >= 11 is 6.05. The Bertz CT molecular complexity index is 899. The van der Waals surface area contributed by atoms with Crippen molar-refractivity contribution in [3.8, 4) is 11.4 Å². The van der Waals surface area contributed by atoms with Crippen molar-refractivity contribution in [3.05, 3.63) is 53.2 Å². The normalized spacial score (nSPS) is 15.0. The molecule has 1 saturated carbocycles. The van der Waals surface area contributed by atoms with Gasteiger partial charge in [0.25, 0.3) is 5.91 Å². The number of hydrogen-bond donors (Lipinski definition) is 1. The number of hydrogen-bond acceptors (Lipinski definition) is 3. The van der Waals surface area contributed by atoms with Crippen LogP contribution in [-0.4, -0.2) is 26.5 Å². The Balaban J connectivity index is 1.64. The minimum atomic E-state index is -0.0447. The number of halogens is 1. The summed E-state index contributed by atoms with van der Waals surface area (Å²) in [6.07, 6.45) is 6.35. The zero-order chi connectivity index (χ0) is 16.5. The molecule has 0 spiro atoms. The number of rotatable bonds is 3. The molecule has 0 saturated heterocycles. The van der Waals surface area contributed by atoms with Crippen LogP contribution < -0.4 is 5.32 Å². The maximum absolute atomic E-state index is 12.4. The highest BCUT2D eigenvalue weighted by Crippen LogP contribution is 2.22. The Kier molecular flexibility index (Phi) is 3.94. The van der Waals surface area contributed by atoms with E-state index in [2.05, 4.69) is 15.5 Å². The van der Waals surface area contributed by atoms with E-state index in [0.29, 0.717) is 28.1 Å². The predicted octanol–water partition coefficient (Wildman–Crippen LogP) is 3.72. The predicted molar refractivity (Wildman–Crippen MR) is 93.2 cm³/mol. The van der Waals surface area contributed by atoms with Gasteiger partial charge in [-0.1, -0.05) is 36.6 Å². The number of aromatic nitrogens is 3. The third-order valence-corrected chi connectivity index (χ3v) is 4.68. The summed E-state index contributed by atoms with van der Waals surface area (Å²) in [7, 11) is 0. The molecular weight excluding hydrogens is 324 g/mol. The molecule has 2 heterocycles. The molecule has 3 aromatic rings. The van der Waals surface area contributed by atoms with Crippen LogP contribution in [0.2, 0.25) is 5.02 Å². The third kappa shape index (κ3) is 2.87. The van der Waals surface area contributed by atoms with Gasteiger partial charge >= 0.3 is 0 Å². The minimum Gasteiger partial charge on any atom is -0.349 e. The monoisotopic (exact) mass is 340 g/mol. The van der Waals surface area contributed by atoms with E-state index in [1.165, 1.54) is 12.8 Å². The fourth-order valence-electron chi connectivity index (χ4n) is 3.20. The Morgan fingerprint density at radius 1 is 1.17 bits per heavy atom. The van der Waals surface area contributed by atoms with E-state index in [9.17, 15) is 4.79 Å². The number of nitrogens with one attached hydrogen (secondary N) is 1. The first kappa shape index (κ1) is 15.1. The maximum Gasteiger partial charge on any atom is 0.251 e. The van der Waals surface area contributed by atoms with E-state index >= 15 is 0 Å². The molecule has 5 nitrogen and oxygen atoms in total. The van der Waals surface area contributed by atoms with Gasteiger partial charge in [-0.25, -0.2) is 0 Å². The van der Waals surface area contributed by atoms with Crippen molar-refractivity contribution < 1.29 is 4.79 Å². The van der Waals surface area contributed by atoms with Crippen LogP contribution in [0.1, 0.15) is 36.0 Å². The summed E-state index contributed by atoms with van der Waals surface area (Å²) in [4.78, 5) is 12.4. The quantitative estimate of drug-likeness (QED) is 0.790. The van der Waals surface area contributed by atoms with Crippen LogP contribution in [0.15, 0.2) is 42.6 Å². The van der Waals surface area contributed by atoms with E-state index < -0.39 is 0 Å². The lowest BCUT2D eigenvalue weighted by Gasteiger charge is -2.11. The van der Waals surface area contributed by atoms with Crippen LogP contribution in [0.3, 0.4) is 0 Å². The zero-order valence-electron chi connectivity index (χ0n) is 13.1. The molecule has 0 bridgehead atoms. The van der Waals surface area contributed by atoms with Gasteiger partial charge in [0.05, 0.1) is 0 Å². The second-order valence-corrected chi connectivity index (χ2v) is 6.57. The van der Waals surface area contributed by atoms with E-state index in [4.69, 9.17) is 11.6 Å². The van der Waals surface area contributed by atoms with Crippen LogP contribution in [-0.2, 0) is 0 Å². The summed E-state index contributed by atoms with van der Waals surface area (Å²) in [5.41, 5.74) is 2.14. The molecule has 1 fully saturated rings. The summed E-state index contributed by atoms with van der Waals surface area (Å²) in [5.74, 6) is 0.659. The van der Waals surface area contributed by atoms with Gasteiger partial charge in [-0.05, 0) is 37.1 Å². The standard InChI is InChI=1S/C18H17ClN4O/c19-14-5-3-4-12(10-14)17-22-21-16-11-13(8-9-23(16)17)18(24)20-15-6-1-2-7-15/h3-5,8-11,15H,1-2,6-7H2,(H,20,24). The van der Waals surface area contributed by atoms with Crippen molar-refractivity contribution in [2.45, 2.75) is 31.7 Å². The molecule has 0 unspecified atom stereocenters. The fraction of sp³-hybridized carbons (Fsp3) is 0.278. The van der Waals surface area contributed by atoms with Crippen molar-refractivity contribution in [1.29, 1.82) is 0 Å². The highest BCUT2D eigenvalue weighted by Gasteiger charge is 2.18. The topological polar surface area (TPSA) is 59.3 Å². The van der Waals surface area contributed by atoms with Crippen LogP contribution in [0.4, 0.5) is 0 Å². The SMILES string of the molecule is O=C(NC1CCCC1)c1ccn2c(-c3cccc(Cl)c3)nnc2c1. The molecule has 6 heteroatoms. The Morgan fingerprint density at radius 3 is 2.79 bits per heavy atom. The molecule has 1 amide bonds. The Hall–Kier alpha value is -2.40. The van der Waals surface area contributed by atoms with Gasteiger partial charge in [-0.2, -0.15) is 0 Å². The highest BCUT2D eigenvalue weighted by molar-refractivity contribution is 6.30. The lowest BCUT2D eigenvalue weighted by Crippen LogP contribution is -2.32. The molecule has 1 N–H and O–H groups in total. The zero-order valence-corrected chi connectivity index (χ0v) is 13.8. The second-order valence-electron chi connectivity index (χ2n) is 6.13. The molecule has 1 aliphatic rings. The molecule has 24 heavy (non-hydrogen) atoms. The number of carbonyl (C=O) groups is 1. The lowest BCUT2D eigenvalue weighted by atomic mass is 10.2. The molecule has 2 aromatic heterocycles. The largest absolute Gasteiger partial charge is 0.349 e. The summed E-state index contributed by atoms with van der Waals surface area (Å²) < 4.78 is 1.86. The van der Waals surface area contributed by atoms with Crippen LogP contribution in [0.25, 0.3) is 17.0 Å². The van der Waals surface area contributed by atoms with Gasteiger partial charge in [0.2, 0.25) is 0 Å². The van der Waals surface area contributed by atoms with Gasteiger partial charge < -0.3 is 5.32 Å². The van der Waals surface area contributed by atoms with Gasteiger partial charge in [-0.15, -0.1) is 10.2 Å². The molecule has 0 atom stereocenters. The third-order valence-electron chi connectivity index (χ3n) is 4.45. The van der Waals surface area contributed by atoms with Gasteiger partial charge in [0.1, 0.15) is 0 Å². The minimum absolute atomic E-state index is 0.0447. The fourth-order valence-corrected chi connectivity index (χ4v) is 3.39. The van der Waals surface area contributed by atoms with Crippen LogP contribution in [0.5, 0.6) is 0 Å². The lowest BCUT2D eigenvalue weighted by molar-refractivity contribution is 0.0938. The molecule has 1 aromatic carbocycles. The van der Waals surface area contributed by atoms with E-state index in [-0.39, 0.29) is 5.91 Å². The van der Waals surface area contributed by atoms with Gasteiger partial charge in [0.15, 0.2) is 11.5 Å². The molecule has 0 radical (unpaired) electrons. The number of pyridine rings is 1. The van der Waals surface area contributed by atoms with Crippen LogP contribution in [0, 0.1) is 0 Å². The Morgan fingerprint density at radius 2 is 2.00 bits per heavy atom. The number of carbonyl (C=O) groups excluding carboxylic acids is 1.